The van der Waals surface area contributed by atoms with Crippen LogP contribution in [-0.2, 0) is 9.59 Å². The molecule has 0 unspecified atom stereocenters. The lowest BCUT2D eigenvalue weighted by atomic mass is 10.1. The molecule has 0 aliphatic carbocycles. The zero-order chi connectivity index (χ0) is 31.2. The first-order valence-corrected chi connectivity index (χ1v) is 16.1. The van der Waals surface area contributed by atoms with Gasteiger partial charge in [0.15, 0.2) is 23.3 Å². The number of aliphatic imine (C=N–C) groups is 1. The number of benzene rings is 4. The molecule has 0 spiro atoms. The number of amidine groups is 1. The maximum atomic E-state index is 13.8. The Morgan fingerprint density at radius 2 is 1.64 bits per heavy atom. The van der Waals surface area contributed by atoms with Gasteiger partial charge in [-0.3, -0.25) is 14.5 Å². The van der Waals surface area contributed by atoms with Gasteiger partial charge >= 0.3 is 0 Å². The Morgan fingerprint density at radius 3 is 2.30 bits per heavy atom. The number of carbonyl (C=O) groups is 2. The number of rotatable bonds is 9. The van der Waals surface area contributed by atoms with Gasteiger partial charge in [-0.2, -0.15) is 0 Å². The molecule has 0 radical (unpaired) electrons. The van der Waals surface area contributed by atoms with Gasteiger partial charge in [-0.1, -0.05) is 47.0 Å². The number of aryl methyl sites for hydroxylation is 2. The number of nitrogens with zero attached hydrogens (tertiary/aromatic N) is 2. The molecule has 0 bridgehead atoms. The van der Waals surface area contributed by atoms with Gasteiger partial charge in [0.05, 0.1) is 26.5 Å². The van der Waals surface area contributed by atoms with Crippen LogP contribution in [-0.4, -0.2) is 30.2 Å². The smallest absolute Gasteiger partial charge is 0.271 e. The highest BCUT2D eigenvalue weighted by Crippen LogP contribution is 2.40. The van der Waals surface area contributed by atoms with E-state index in [1.807, 2.05) is 87.5 Å². The van der Waals surface area contributed by atoms with Crippen molar-refractivity contribution in [3.63, 3.8) is 0 Å². The molecular weight excluding hydrogens is 709 g/mol. The van der Waals surface area contributed by atoms with Crippen molar-refractivity contribution in [3.05, 3.63) is 115 Å². The van der Waals surface area contributed by atoms with E-state index in [2.05, 4.69) is 27.9 Å². The van der Waals surface area contributed by atoms with Crippen molar-refractivity contribution in [1.29, 1.82) is 0 Å². The van der Waals surface area contributed by atoms with Crippen LogP contribution in [0.1, 0.15) is 23.6 Å². The lowest BCUT2D eigenvalue weighted by Gasteiger charge is -2.16. The van der Waals surface area contributed by atoms with Gasteiger partial charge in [-0.15, -0.1) is 0 Å². The molecule has 4 aromatic carbocycles. The van der Waals surface area contributed by atoms with Crippen molar-refractivity contribution in [1.82, 2.24) is 0 Å². The van der Waals surface area contributed by atoms with Crippen LogP contribution in [0.4, 0.5) is 17.1 Å². The number of hydrogen-bond donors (Lipinski definition) is 1. The van der Waals surface area contributed by atoms with Gasteiger partial charge in [0.2, 0.25) is 0 Å². The third kappa shape index (κ3) is 7.82. The molecule has 1 heterocycles. The van der Waals surface area contributed by atoms with Crippen molar-refractivity contribution in [3.8, 4) is 11.5 Å². The van der Waals surface area contributed by atoms with Gasteiger partial charge < -0.3 is 14.8 Å². The van der Waals surface area contributed by atoms with Crippen molar-refractivity contribution >= 4 is 86.1 Å². The van der Waals surface area contributed by atoms with E-state index >= 15 is 0 Å². The number of hydrogen-bond acceptors (Lipinski definition) is 6. The summed E-state index contributed by atoms with van der Waals surface area (Å²) < 4.78 is 12.5. The molecule has 1 aliphatic rings. The Labute approximate surface area is 279 Å². The largest absolute Gasteiger partial charge is 0.490 e. The average Bonchev–Trinajstić information content (AvgIpc) is 3.29. The normalized spacial score (nSPS) is 14.8. The average molecular weight is 738 g/mol. The Kier molecular flexibility index (Phi) is 10.3. The van der Waals surface area contributed by atoms with Crippen LogP contribution in [0.25, 0.3) is 6.08 Å². The number of amides is 2. The first-order chi connectivity index (χ1) is 21.2. The lowest BCUT2D eigenvalue weighted by molar-refractivity contribution is -0.118. The van der Waals surface area contributed by atoms with Crippen LogP contribution < -0.4 is 19.7 Å². The SMILES string of the molecule is CCOc1cc(/C=C2\SC(=Nc3ccc(C)cc3)N(c3ccc(C)cc3)C2=O)cc(I)c1OCC(=O)Nc1ccc(Cl)cc1. The molecule has 0 saturated carbocycles. The van der Waals surface area contributed by atoms with E-state index in [4.69, 9.17) is 26.1 Å². The van der Waals surface area contributed by atoms with Gasteiger partial charge in [0.25, 0.3) is 11.8 Å². The number of nitrogens with one attached hydrogen (secondary N) is 1. The quantitative estimate of drug-likeness (QED) is 0.137. The van der Waals surface area contributed by atoms with Crippen molar-refractivity contribution in [2.75, 3.05) is 23.4 Å². The Hall–Kier alpha value is -3.80. The molecule has 44 heavy (non-hydrogen) atoms. The van der Waals surface area contributed by atoms with Crippen LogP contribution >= 0.6 is 46.0 Å². The second-order valence-corrected chi connectivity index (χ2v) is 12.5. The Morgan fingerprint density at radius 1 is 0.977 bits per heavy atom. The fourth-order valence-corrected chi connectivity index (χ4v) is 6.20. The third-order valence-corrected chi connectivity index (χ3v) is 8.48. The molecule has 2 amide bonds. The first kappa shape index (κ1) is 31.6. The highest BCUT2D eigenvalue weighted by Gasteiger charge is 2.35. The molecule has 10 heteroatoms. The molecule has 1 saturated heterocycles. The second kappa shape index (κ2) is 14.3. The van der Waals surface area contributed by atoms with Gasteiger partial charge in [-0.05, 0) is 127 Å². The number of anilines is 2. The van der Waals surface area contributed by atoms with Crippen molar-refractivity contribution in [2.45, 2.75) is 20.8 Å². The standard InChI is InChI=1S/C34H29ClIN3O4S/c1-4-42-29-18-23(17-28(36)32(29)43-20-31(40)37-25-13-9-24(35)10-14-25)19-30-33(41)39(27-15-7-22(3)8-16-27)34(44-30)38-26-11-5-21(2)6-12-26/h5-19H,4,20H2,1-3H3,(H,37,40)/b30-19-,38-34?. The minimum Gasteiger partial charge on any atom is -0.490 e. The molecule has 0 aromatic heterocycles. The van der Waals surface area contributed by atoms with Crippen LogP contribution in [0, 0.1) is 17.4 Å². The minimum atomic E-state index is -0.318. The Balaban J connectivity index is 1.41. The van der Waals surface area contributed by atoms with Crippen LogP contribution in [0.15, 0.2) is 94.8 Å². The molecular formula is C34H29ClIN3O4S. The second-order valence-electron chi connectivity index (χ2n) is 9.92. The number of halogens is 2. The molecule has 1 fully saturated rings. The predicted octanol–water partition coefficient (Wildman–Crippen LogP) is 8.79. The highest BCUT2D eigenvalue weighted by molar-refractivity contribution is 14.1. The fourth-order valence-electron chi connectivity index (χ4n) is 4.29. The molecule has 1 aliphatic heterocycles. The summed E-state index contributed by atoms with van der Waals surface area (Å²) in [6, 6.07) is 26.2. The van der Waals surface area contributed by atoms with Crippen molar-refractivity contribution in [2.24, 2.45) is 4.99 Å². The Bertz CT molecular complexity index is 1740. The minimum absolute atomic E-state index is 0.170. The summed E-state index contributed by atoms with van der Waals surface area (Å²) >= 11 is 9.39. The maximum absolute atomic E-state index is 13.8. The fraction of sp³-hybridized carbons (Fsp3) is 0.147. The van der Waals surface area contributed by atoms with Gasteiger partial charge in [0, 0.05) is 10.7 Å². The van der Waals surface area contributed by atoms with Crippen LogP contribution in [0.5, 0.6) is 11.5 Å². The summed E-state index contributed by atoms with van der Waals surface area (Å²) in [6.45, 7) is 6.09. The van der Waals surface area contributed by atoms with E-state index in [0.717, 1.165) is 31.6 Å². The summed E-state index contributed by atoms with van der Waals surface area (Å²) in [7, 11) is 0. The van der Waals surface area contributed by atoms with E-state index in [-0.39, 0.29) is 18.4 Å². The summed E-state index contributed by atoms with van der Waals surface area (Å²) in [4.78, 5) is 33.3. The predicted molar refractivity (Wildman–Crippen MR) is 188 cm³/mol. The van der Waals surface area contributed by atoms with E-state index in [1.54, 1.807) is 29.2 Å². The maximum Gasteiger partial charge on any atom is 0.271 e. The van der Waals surface area contributed by atoms with Gasteiger partial charge in [-0.25, -0.2) is 4.99 Å². The number of carbonyl (C=O) groups excluding carboxylic acids is 2. The summed E-state index contributed by atoms with van der Waals surface area (Å²) in [5, 5.41) is 3.94. The molecule has 1 N–H and O–H groups in total. The zero-order valence-electron chi connectivity index (χ0n) is 24.3. The van der Waals surface area contributed by atoms with Crippen LogP contribution in [0.2, 0.25) is 5.02 Å². The third-order valence-electron chi connectivity index (χ3n) is 6.46. The lowest BCUT2D eigenvalue weighted by Crippen LogP contribution is -2.28. The zero-order valence-corrected chi connectivity index (χ0v) is 28.0. The molecule has 224 valence electrons. The highest BCUT2D eigenvalue weighted by atomic mass is 127. The topological polar surface area (TPSA) is 80.2 Å². The monoisotopic (exact) mass is 737 g/mol. The molecule has 5 rings (SSSR count). The first-order valence-electron chi connectivity index (χ1n) is 13.8. The molecule has 4 aromatic rings. The summed E-state index contributed by atoms with van der Waals surface area (Å²) in [5.41, 5.74) is 5.12. The van der Waals surface area contributed by atoms with Crippen LogP contribution in [0.3, 0.4) is 0 Å². The van der Waals surface area contributed by atoms with E-state index in [0.29, 0.717) is 38.9 Å². The number of ether oxygens (including phenoxy) is 2. The number of thioether (sulfide) groups is 1. The van der Waals surface area contributed by atoms with E-state index in [9.17, 15) is 9.59 Å². The summed E-state index contributed by atoms with van der Waals surface area (Å²) in [5.74, 6) is 0.442. The van der Waals surface area contributed by atoms with E-state index in [1.165, 1.54) is 11.8 Å². The molecule has 7 nitrogen and oxygen atoms in total. The van der Waals surface area contributed by atoms with Crippen molar-refractivity contribution < 1.29 is 19.1 Å². The summed E-state index contributed by atoms with van der Waals surface area (Å²) in [6.07, 6.45) is 1.83. The van der Waals surface area contributed by atoms with E-state index < -0.39 is 0 Å². The molecule has 0 atom stereocenters. The van der Waals surface area contributed by atoms with Gasteiger partial charge in [0.1, 0.15) is 0 Å².